The molecule has 104 valence electrons. The Morgan fingerprint density at radius 3 is 2.60 bits per heavy atom. The van der Waals surface area contributed by atoms with E-state index in [0.29, 0.717) is 29.5 Å². The second-order valence-electron chi connectivity index (χ2n) is 4.16. The number of carbonyl (C=O) groups excluding carboxylic acids is 1. The second-order valence-corrected chi connectivity index (χ2v) is 4.60. The normalized spacial score (nSPS) is 10.1. The van der Waals surface area contributed by atoms with Gasteiger partial charge in [0.2, 0.25) is 0 Å². The number of carbonyl (C=O) groups is 1. The van der Waals surface area contributed by atoms with Crippen molar-refractivity contribution in [2.45, 2.75) is 13.5 Å². The molecule has 2 rings (SSSR count). The average Bonchev–Trinajstić information content (AvgIpc) is 2.47. The molecule has 2 aromatic rings. The van der Waals surface area contributed by atoms with Crippen LogP contribution in [0.3, 0.4) is 0 Å². The predicted octanol–water partition coefficient (Wildman–Crippen LogP) is 4.10. The van der Waals surface area contributed by atoms with Crippen molar-refractivity contribution >= 4 is 17.6 Å². The lowest BCUT2D eigenvalue weighted by molar-refractivity contribution is 0.0526. The molecule has 0 spiro atoms. The molecule has 0 saturated heterocycles. The summed E-state index contributed by atoms with van der Waals surface area (Å²) in [5.41, 5.74) is 1.50. The van der Waals surface area contributed by atoms with E-state index >= 15 is 0 Å². The number of benzene rings is 2. The summed E-state index contributed by atoms with van der Waals surface area (Å²) in [5, 5.41) is 0.693. The van der Waals surface area contributed by atoms with E-state index in [-0.39, 0.29) is 5.97 Å². The lowest BCUT2D eigenvalue weighted by Gasteiger charge is -2.08. The van der Waals surface area contributed by atoms with Gasteiger partial charge in [0.1, 0.15) is 12.4 Å². The van der Waals surface area contributed by atoms with Gasteiger partial charge in [0.05, 0.1) is 12.2 Å². The van der Waals surface area contributed by atoms with Gasteiger partial charge >= 0.3 is 5.97 Å². The van der Waals surface area contributed by atoms with Crippen LogP contribution in [-0.4, -0.2) is 12.6 Å². The van der Waals surface area contributed by atoms with E-state index in [2.05, 4.69) is 0 Å². The fourth-order valence-corrected chi connectivity index (χ4v) is 1.80. The minimum atomic E-state index is -0.343. The van der Waals surface area contributed by atoms with Crippen LogP contribution in [0.5, 0.6) is 5.75 Å². The van der Waals surface area contributed by atoms with Crippen LogP contribution in [0, 0.1) is 0 Å². The lowest BCUT2D eigenvalue weighted by Crippen LogP contribution is -2.05. The van der Waals surface area contributed by atoms with Crippen LogP contribution in [0.4, 0.5) is 0 Å². The molecule has 0 atom stereocenters. The zero-order valence-corrected chi connectivity index (χ0v) is 11.9. The van der Waals surface area contributed by atoms with Gasteiger partial charge in [-0.3, -0.25) is 0 Å². The summed E-state index contributed by atoms with van der Waals surface area (Å²) < 4.78 is 10.6. The van der Waals surface area contributed by atoms with E-state index in [1.807, 2.05) is 24.3 Å². The first kappa shape index (κ1) is 14.4. The Morgan fingerprint density at radius 1 is 1.15 bits per heavy atom. The molecule has 0 aliphatic carbocycles. The maximum absolute atomic E-state index is 11.6. The minimum absolute atomic E-state index is 0.343. The first-order valence-electron chi connectivity index (χ1n) is 6.33. The van der Waals surface area contributed by atoms with Crippen LogP contribution in [0.25, 0.3) is 0 Å². The van der Waals surface area contributed by atoms with Crippen molar-refractivity contribution in [1.29, 1.82) is 0 Å². The van der Waals surface area contributed by atoms with E-state index in [1.54, 1.807) is 31.2 Å². The monoisotopic (exact) mass is 290 g/mol. The standard InChI is InChI=1S/C16H15ClO3/c1-2-19-16(18)13-4-3-5-15(10-13)20-11-12-6-8-14(17)9-7-12/h3-10H,2,11H2,1H3. The van der Waals surface area contributed by atoms with Crippen LogP contribution in [0.15, 0.2) is 48.5 Å². The third-order valence-electron chi connectivity index (χ3n) is 2.66. The first-order valence-corrected chi connectivity index (χ1v) is 6.71. The topological polar surface area (TPSA) is 35.5 Å². The summed E-state index contributed by atoms with van der Waals surface area (Å²) in [7, 11) is 0. The van der Waals surface area contributed by atoms with Crippen molar-refractivity contribution in [3.05, 3.63) is 64.7 Å². The molecule has 20 heavy (non-hydrogen) atoms. The summed E-state index contributed by atoms with van der Waals surface area (Å²) in [6.07, 6.45) is 0. The van der Waals surface area contributed by atoms with Gasteiger partial charge in [-0.2, -0.15) is 0 Å². The van der Waals surface area contributed by atoms with Crippen LogP contribution in [-0.2, 0) is 11.3 Å². The number of hydrogen-bond acceptors (Lipinski definition) is 3. The molecule has 0 amide bonds. The van der Waals surface area contributed by atoms with Crippen molar-refractivity contribution in [3.8, 4) is 5.75 Å². The van der Waals surface area contributed by atoms with Gasteiger partial charge in [-0.1, -0.05) is 29.8 Å². The maximum atomic E-state index is 11.6. The smallest absolute Gasteiger partial charge is 0.338 e. The van der Waals surface area contributed by atoms with Crippen molar-refractivity contribution in [1.82, 2.24) is 0 Å². The first-order chi connectivity index (χ1) is 9.69. The molecule has 0 aliphatic heterocycles. The summed E-state index contributed by atoms with van der Waals surface area (Å²) >= 11 is 5.82. The second kappa shape index (κ2) is 6.96. The zero-order chi connectivity index (χ0) is 14.4. The summed E-state index contributed by atoms with van der Waals surface area (Å²) in [4.78, 5) is 11.6. The van der Waals surface area contributed by atoms with Gasteiger partial charge < -0.3 is 9.47 Å². The number of hydrogen-bond donors (Lipinski definition) is 0. The molecule has 0 fully saturated rings. The molecule has 0 aromatic heterocycles. The SMILES string of the molecule is CCOC(=O)c1cccc(OCc2ccc(Cl)cc2)c1. The van der Waals surface area contributed by atoms with Crippen LogP contribution >= 0.6 is 11.6 Å². The van der Waals surface area contributed by atoms with Gasteiger partial charge in [0.25, 0.3) is 0 Å². The molecule has 0 saturated carbocycles. The van der Waals surface area contributed by atoms with Crippen molar-refractivity contribution < 1.29 is 14.3 Å². The highest BCUT2D eigenvalue weighted by Crippen LogP contribution is 2.17. The molecule has 0 heterocycles. The van der Waals surface area contributed by atoms with E-state index in [0.717, 1.165) is 5.56 Å². The average molecular weight is 291 g/mol. The number of ether oxygens (including phenoxy) is 2. The molecule has 2 aromatic carbocycles. The zero-order valence-electron chi connectivity index (χ0n) is 11.1. The van der Waals surface area contributed by atoms with Crippen LogP contribution in [0.2, 0.25) is 5.02 Å². The Morgan fingerprint density at radius 2 is 1.90 bits per heavy atom. The Labute approximate surface area is 123 Å². The number of halogens is 1. The lowest BCUT2D eigenvalue weighted by atomic mass is 10.2. The van der Waals surface area contributed by atoms with Crippen molar-refractivity contribution in [2.24, 2.45) is 0 Å². The van der Waals surface area contributed by atoms with Gasteiger partial charge in [-0.15, -0.1) is 0 Å². The fourth-order valence-electron chi connectivity index (χ4n) is 1.67. The number of esters is 1. The Bertz CT molecular complexity index is 579. The van der Waals surface area contributed by atoms with Gasteiger partial charge in [-0.25, -0.2) is 4.79 Å². The van der Waals surface area contributed by atoms with E-state index in [4.69, 9.17) is 21.1 Å². The molecule has 0 bridgehead atoms. The fraction of sp³-hybridized carbons (Fsp3) is 0.188. The molecule has 0 N–H and O–H groups in total. The number of rotatable bonds is 5. The maximum Gasteiger partial charge on any atom is 0.338 e. The molecule has 0 unspecified atom stereocenters. The molecular formula is C16H15ClO3. The highest BCUT2D eigenvalue weighted by atomic mass is 35.5. The van der Waals surface area contributed by atoms with Crippen molar-refractivity contribution in [2.75, 3.05) is 6.61 Å². The largest absolute Gasteiger partial charge is 0.489 e. The van der Waals surface area contributed by atoms with E-state index < -0.39 is 0 Å². The molecule has 4 heteroatoms. The summed E-state index contributed by atoms with van der Waals surface area (Å²) in [6.45, 7) is 2.55. The Kier molecular flexibility index (Phi) is 5.02. The molecular weight excluding hydrogens is 276 g/mol. The molecule has 0 radical (unpaired) electrons. The van der Waals surface area contributed by atoms with Gasteiger partial charge in [-0.05, 0) is 42.8 Å². The van der Waals surface area contributed by atoms with Crippen LogP contribution < -0.4 is 4.74 Å². The molecule has 3 nitrogen and oxygen atoms in total. The Balaban J connectivity index is 2.01. The third-order valence-corrected chi connectivity index (χ3v) is 2.92. The highest BCUT2D eigenvalue weighted by molar-refractivity contribution is 6.30. The summed E-state index contributed by atoms with van der Waals surface area (Å²) in [5.74, 6) is 0.287. The summed E-state index contributed by atoms with van der Waals surface area (Å²) in [6, 6.07) is 14.4. The van der Waals surface area contributed by atoms with E-state index in [1.165, 1.54) is 0 Å². The van der Waals surface area contributed by atoms with Gasteiger partial charge in [0, 0.05) is 5.02 Å². The quantitative estimate of drug-likeness (QED) is 0.778. The van der Waals surface area contributed by atoms with Gasteiger partial charge in [0.15, 0.2) is 0 Å². The third kappa shape index (κ3) is 4.00. The highest BCUT2D eigenvalue weighted by Gasteiger charge is 2.07. The Hall–Kier alpha value is -2.00. The molecule has 0 aliphatic rings. The van der Waals surface area contributed by atoms with E-state index in [9.17, 15) is 4.79 Å². The van der Waals surface area contributed by atoms with Crippen molar-refractivity contribution in [3.63, 3.8) is 0 Å². The van der Waals surface area contributed by atoms with Crippen LogP contribution in [0.1, 0.15) is 22.8 Å². The minimum Gasteiger partial charge on any atom is -0.489 e. The predicted molar refractivity (Wildman–Crippen MR) is 78.2 cm³/mol.